The maximum absolute atomic E-state index is 5.17. The molecule has 0 bridgehead atoms. The maximum atomic E-state index is 5.17. The molecule has 0 spiro atoms. The fourth-order valence-electron chi connectivity index (χ4n) is 2.03. The van der Waals surface area contributed by atoms with Crippen LogP contribution in [0.15, 0.2) is 0 Å². The number of hydrogen-bond acceptors (Lipinski definition) is 3. The lowest BCUT2D eigenvalue weighted by atomic mass is 9.99. The monoisotopic (exact) mass is 231 g/mol. The molecule has 1 N–H and O–H groups in total. The van der Waals surface area contributed by atoms with Crippen LogP contribution < -0.4 is 5.32 Å². The van der Waals surface area contributed by atoms with Crippen molar-refractivity contribution in [1.82, 2.24) is 5.32 Å². The van der Waals surface area contributed by atoms with E-state index < -0.39 is 0 Å². The van der Waals surface area contributed by atoms with Crippen LogP contribution in [-0.2, 0) is 4.74 Å². The molecule has 1 aliphatic heterocycles. The van der Waals surface area contributed by atoms with Gasteiger partial charge in [-0.15, -0.1) is 0 Å². The zero-order valence-corrected chi connectivity index (χ0v) is 11.1. The highest BCUT2D eigenvalue weighted by Crippen LogP contribution is 2.19. The summed E-state index contributed by atoms with van der Waals surface area (Å²) in [6.07, 6.45) is 3.86. The molecule has 1 fully saturated rings. The number of methoxy groups -OCH3 is 1. The zero-order valence-electron chi connectivity index (χ0n) is 10.3. The first-order chi connectivity index (χ1) is 7.24. The van der Waals surface area contributed by atoms with Gasteiger partial charge >= 0.3 is 0 Å². The maximum Gasteiger partial charge on any atom is 0.0477 e. The smallest absolute Gasteiger partial charge is 0.0477 e. The Morgan fingerprint density at radius 1 is 1.47 bits per heavy atom. The predicted molar refractivity (Wildman–Crippen MR) is 68.6 cm³/mol. The van der Waals surface area contributed by atoms with Crippen molar-refractivity contribution in [3.8, 4) is 0 Å². The first-order valence-corrected chi connectivity index (χ1v) is 7.22. The second-order valence-electron chi connectivity index (χ2n) is 4.71. The van der Waals surface area contributed by atoms with Crippen molar-refractivity contribution in [2.45, 2.75) is 45.2 Å². The summed E-state index contributed by atoms with van der Waals surface area (Å²) in [5.74, 6) is 3.34. The molecule has 2 unspecified atom stereocenters. The highest BCUT2D eigenvalue weighted by atomic mass is 32.2. The van der Waals surface area contributed by atoms with E-state index in [4.69, 9.17) is 4.74 Å². The summed E-state index contributed by atoms with van der Waals surface area (Å²) in [7, 11) is 1.79. The minimum Gasteiger partial charge on any atom is -0.385 e. The number of thioether (sulfide) groups is 1. The van der Waals surface area contributed by atoms with Gasteiger partial charge < -0.3 is 10.1 Å². The van der Waals surface area contributed by atoms with Crippen molar-refractivity contribution >= 4 is 11.8 Å². The molecule has 0 aromatic rings. The largest absolute Gasteiger partial charge is 0.385 e. The summed E-state index contributed by atoms with van der Waals surface area (Å²) in [5, 5.41) is 3.79. The second kappa shape index (κ2) is 7.53. The van der Waals surface area contributed by atoms with Crippen LogP contribution in [0.5, 0.6) is 0 Å². The summed E-state index contributed by atoms with van der Waals surface area (Å²) < 4.78 is 5.17. The van der Waals surface area contributed by atoms with E-state index in [0.717, 1.165) is 19.1 Å². The van der Waals surface area contributed by atoms with Gasteiger partial charge in [-0.3, -0.25) is 0 Å². The fourth-order valence-corrected chi connectivity index (χ4v) is 3.11. The summed E-state index contributed by atoms with van der Waals surface area (Å²) in [4.78, 5) is 0. The van der Waals surface area contributed by atoms with E-state index >= 15 is 0 Å². The Labute approximate surface area is 98.5 Å². The molecule has 0 aliphatic carbocycles. The summed E-state index contributed by atoms with van der Waals surface area (Å²) >= 11 is 2.09. The van der Waals surface area contributed by atoms with Gasteiger partial charge in [0.2, 0.25) is 0 Å². The molecular weight excluding hydrogens is 206 g/mol. The first kappa shape index (κ1) is 13.3. The summed E-state index contributed by atoms with van der Waals surface area (Å²) in [5.41, 5.74) is 0. The summed E-state index contributed by atoms with van der Waals surface area (Å²) in [6, 6.07) is 1.35. The minimum atomic E-state index is 0.619. The Bertz CT molecular complexity index is 158. The lowest BCUT2D eigenvalue weighted by molar-refractivity contribution is 0.170. The minimum absolute atomic E-state index is 0.619. The fraction of sp³-hybridized carbons (Fsp3) is 1.00. The Morgan fingerprint density at radius 3 is 2.80 bits per heavy atom. The van der Waals surface area contributed by atoms with Crippen molar-refractivity contribution < 1.29 is 4.74 Å². The van der Waals surface area contributed by atoms with Crippen molar-refractivity contribution in [2.75, 3.05) is 25.2 Å². The molecule has 0 amide bonds. The van der Waals surface area contributed by atoms with Gasteiger partial charge in [0.05, 0.1) is 0 Å². The van der Waals surface area contributed by atoms with Gasteiger partial charge in [-0.25, -0.2) is 0 Å². The van der Waals surface area contributed by atoms with E-state index in [-0.39, 0.29) is 0 Å². The third-order valence-corrected chi connectivity index (χ3v) is 4.26. The lowest BCUT2D eigenvalue weighted by Gasteiger charge is -2.30. The highest BCUT2D eigenvalue weighted by Gasteiger charge is 2.19. The van der Waals surface area contributed by atoms with Crippen LogP contribution in [0.2, 0.25) is 0 Å². The quantitative estimate of drug-likeness (QED) is 0.759. The second-order valence-corrected chi connectivity index (χ2v) is 5.86. The summed E-state index contributed by atoms with van der Waals surface area (Å²) in [6.45, 7) is 5.46. The molecule has 0 aromatic heterocycles. The van der Waals surface area contributed by atoms with E-state index in [0.29, 0.717) is 12.0 Å². The van der Waals surface area contributed by atoms with E-state index in [1.807, 2.05) is 0 Å². The standard InChI is InChI=1S/C12H25NOS/c1-10(2)12(6-7-14-3)13-11-5-4-8-15-9-11/h10-13H,4-9H2,1-3H3. The molecule has 15 heavy (non-hydrogen) atoms. The molecule has 0 radical (unpaired) electrons. The van der Waals surface area contributed by atoms with Gasteiger partial charge in [-0.05, 0) is 30.9 Å². The molecule has 2 nitrogen and oxygen atoms in total. The van der Waals surface area contributed by atoms with Gasteiger partial charge in [0, 0.05) is 31.6 Å². The molecule has 0 saturated carbocycles. The van der Waals surface area contributed by atoms with Crippen LogP contribution >= 0.6 is 11.8 Å². The van der Waals surface area contributed by atoms with Crippen LogP contribution in [0.4, 0.5) is 0 Å². The number of hydrogen-bond donors (Lipinski definition) is 1. The van der Waals surface area contributed by atoms with Crippen LogP contribution in [0, 0.1) is 5.92 Å². The third kappa shape index (κ3) is 5.23. The molecule has 3 heteroatoms. The van der Waals surface area contributed by atoms with Gasteiger partial charge in [-0.1, -0.05) is 13.8 Å². The van der Waals surface area contributed by atoms with E-state index in [9.17, 15) is 0 Å². The Balaban J connectivity index is 2.28. The Kier molecular flexibility index (Phi) is 6.69. The zero-order chi connectivity index (χ0) is 11.1. The van der Waals surface area contributed by atoms with Crippen LogP contribution in [0.25, 0.3) is 0 Å². The number of ether oxygens (including phenoxy) is 1. The van der Waals surface area contributed by atoms with E-state index in [2.05, 4.69) is 30.9 Å². The molecule has 1 heterocycles. The molecule has 1 aliphatic rings. The molecule has 2 atom stereocenters. The van der Waals surface area contributed by atoms with Crippen LogP contribution in [-0.4, -0.2) is 37.3 Å². The SMILES string of the molecule is COCCC(NC1CCCSC1)C(C)C. The molecule has 90 valence electrons. The van der Waals surface area contributed by atoms with Crippen LogP contribution in [0.1, 0.15) is 33.1 Å². The third-order valence-electron chi connectivity index (χ3n) is 3.05. The van der Waals surface area contributed by atoms with Gasteiger partial charge in [0.15, 0.2) is 0 Å². The number of rotatable bonds is 6. The van der Waals surface area contributed by atoms with Crippen molar-refractivity contribution in [3.63, 3.8) is 0 Å². The average Bonchev–Trinajstić information content (AvgIpc) is 2.25. The average molecular weight is 231 g/mol. The van der Waals surface area contributed by atoms with Crippen molar-refractivity contribution in [3.05, 3.63) is 0 Å². The van der Waals surface area contributed by atoms with E-state index in [1.54, 1.807) is 7.11 Å². The molecule has 1 rings (SSSR count). The topological polar surface area (TPSA) is 21.3 Å². The van der Waals surface area contributed by atoms with E-state index in [1.165, 1.54) is 24.3 Å². The number of nitrogens with one attached hydrogen (secondary N) is 1. The van der Waals surface area contributed by atoms with Gasteiger partial charge in [0.25, 0.3) is 0 Å². The molecular formula is C12H25NOS. The van der Waals surface area contributed by atoms with Gasteiger partial charge in [-0.2, -0.15) is 11.8 Å². The normalized spacial score (nSPS) is 24.4. The lowest BCUT2D eigenvalue weighted by Crippen LogP contribution is -2.44. The van der Waals surface area contributed by atoms with Gasteiger partial charge in [0.1, 0.15) is 0 Å². The highest BCUT2D eigenvalue weighted by molar-refractivity contribution is 7.99. The van der Waals surface area contributed by atoms with Crippen molar-refractivity contribution in [2.24, 2.45) is 5.92 Å². The van der Waals surface area contributed by atoms with Crippen LogP contribution in [0.3, 0.4) is 0 Å². The molecule has 1 saturated heterocycles. The van der Waals surface area contributed by atoms with Crippen molar-refractivity contribution in [1.29, 1.82) is 0 Å². The molecule has 0 aromatic carbocycles. The Morgan fingerprint density at radius 2 is 2.27 bits per heavy atom. The Hall–Kier alpha value is 0.270. The predicted octanol–water partition coefficient (Wildman–Crippen LogP) is 2.53. The first-order valence-electron chi connectivity index (χ1n) is 6.06.